The largest absolute Gasteiger partial charge is 0.278 e. The first-order valence-electron chi connectivity index (χ1n) is 4.97. The predicted octanol–water partition coefficient (Wildman–Crippen LogP) is 3.51. The molecule has 1 aromatic heterocycles. The highest BCUT2D eigenvalue weighted by Crippen LogP contribution is 2.18. The summed E-state index contributed by atoms with van der Waals surface area (Å²) in [6, 6.07) is 4.25. The van der Waals surface area contributed by atoms with E-state index in [9.17, 15) is 0 Å². The van der Waals surface area contributed by atoms with Gasteiger partial charge in [-0.1, -0.05) is 12.2 Å². The zero-order valence-electron chi connectivity index (χ0n) is 8.63. The maximum absolute atomic E-state index is 5.62. The van der Waals surface area contributed by atoms with E-state index in [2.05, 4.69) is 41.4 Å². The second-order valence-electron chi connectivity index (χ2n) is 3.55. The van der Waals surface area contributed by atoms with Crippen LogP contribution in [0, 0.1) is 6.92 Å². The molecular weight excluding hydrogens is 208 g/mol. The number of alkyl halides is 1. The second kappa shape index (κ2) is 4.49. The zero-order valence-corrected chi connectivity index (χ0v) is 9.38. The first-order valence-corrected chi connectivity index (χ1v) is 5.51. The average Bonchev–Trinajstić information content (AvgIpc) is 2.65. The summed E-state index contributed by atoms with van der Waals surface area (Å²) in [6.45, 7) is 2.10. The zero-order chi connectivity index (χ0) is 10.7. The van der Waals surface area contributed by atoms with Gasteiger partial charge < -0.3 is 0 Å². The number of fused-ring (bicyclic) bond motifs is 1. The Balaban J connectivity index is 2.37. The van der Waals surface area contributed by atoms with Crippen LogP contribution < -0.4 is 0 Å². The maximum atomic E-state index is 5.62. The topological polar surface area (TPSA) is 28.7 Å². The molecule has 0 aliphatic rings. The Morgan fingerprint density at radius 2 is 2.33 bits per heavy atom. The van der Waals surface area contributed by atoms with Gasteiger partial charge in [0.15, 0.2) is 0 Å². The normalized spacial score (nSPS) is 11.6. The lowest BCUT2D eigenvalue weighted by atomic mass is 10.1. The van der Waals surface area contributed by atoms with Gasteiger partial charge in [-0.25, -0.2) is 0 Å². The number of aryl methyl sites for hydroxylation is 1. The van der Waals surface area contributed by atoms with E-state index in [1.807, 2.05) is 6.20 Å². The molecule has 0 aliphatic carbocycles. The van der Waals surface area contributed by atoms with Gasteiger partial charge in [0.25, 0.3) is 0 Å². The molecule has 2 nitrogen and oxygen atoms in total. The summed E-state index contributed by atoms with van der Waals surface area (Å²) in [7, 11) is 0. The monoisotopic (exact) mass is 220 g/mol. The summed E-state index contributed by atoms with van der Waals surface area (Å²) in [5, 5.41) is 8.11. The van der Waals surface area contributed by atoms with Crippen LogP contribution in [0.25, 0.3) is 17.0 Å². The van der Waals surface area contributed by atoms with Crippen LogP contribution >= 0.6 is 11.6 Å². The van der Waals surface area contributed by atoms with E-state index < -0.39 is 0 Å². The van der Waals surface area contributed by atoms with Crippen LogP contribution in [0.4, 0.5) is 0 Å². The molecule has 3 heteroatoms. The van der Waals surface area contributed by atoms with Gasteiger partial charge in [-0.05, 0) is 36.6 Å². The van der Waals surface area contributed by atoms with Crippen LogP contribution in [-0.2, 0) is 0 Å². The fourth-order valence-corrected chi connectivity index (χ4v) is 1.70. The number of rotatable bonds is 3. The average molecular weight is 221 g/mol. The lowest BCUT2D eigenvalue weighted by molar-refractivity contribution is 1.12. The highest BCUT2D eigenvalue weighted by molar-refractivity contribution is 6.17. The van der Waals surface area contributed by atoms with Crippen LogP contribution in [0.1, 0.15) is 17.5 Å². The Hall–Kier alpha value is -1.28. The molecule has 0 amide bonds. The number of benzene rings is 1. The lowest BCUT2D eigenvalue weighted by Crippen LogP contribution is -1.81. The van der Waals surface area contributed by atoms with Crippen LogP contribution in [-0.4, -0.2) is 16.1 Å². The molecule has 15 heavy (non-hydrogen) atoms. The van der Waals surface area contributed by atoms with Gasteiger partial charge in [0, 0.05) is 11.3 Å². The Morgan fingerprint density at radius 3 is 3.13 bits per heavy atom. The SMILES string of the molecule is Cc1cc2[nH]ncc2cc1C=CCCCl. The number of nitrogens with one attached hydrogen (secondary N) is 1. The van der Waals surface area contributed by atoms with Gasteiger partial charge in [-0.2, -0.15) is 5.10 Å². The highest BCUT2D eigenvalue weighted by Gasteiger charge is 1.99. The molecule has 78 valence electrons. The molecular formula is C12H13ClN2. The summed E-state index contributed by atoms with van der Waals surface area (Å²) in [6.07, 6.45) is 6.96. The molecule has 2 rings (SSSR count). The van der Waals surface area contributed by atoms with Crippen LogP contribution in [0.15, 0.2) is 24.4 Å². The molecule has 0 saturated heterocycles. The highest BCUT2D eigenvalue weighted by atomic mass is 35.5. The molecule has 0 atom stereocenters. The summed E-state index contributed by atoms with van der Waals surface area (Å²) in [4.78, 5) is 0. The molecule has 0 spiro atoms. The third kappa shape index (κ3) is 2.21. The number of H-pyrrole nitrogens is 1. The Bertz CT molecular complexity index is 485. The lowest BCUT2D eigenvalue weighted by Gasteiger charge is -2.00. The third-order valence-corrected chi connectivity index (χ3v) is 2.62. The van der Waals surface area contributed by atoms with Crippen molar-refractivity contribution < 1.29 is 0 Å². The first-order chi connectivity index (χ1) is 7.31. The van der Waals surface area contributed by atoms with E-state index in [0.717, 1.165) is 17.3 Å². The molecule has 1 heterocycles. The second-order valence-corrected chi connectivity index (χ2v) is 3.92. The van der Waals surface area contributed by atoms with Crippen LogP contribution in [0.2, 0.25) is 0 Å². The van der Waals surface area contributed by atoms with Gasteiger partial charge in [-0.3, -0.25) is 5.10 Å². The first kappa shape index (κ1) is 10.2. The molecule has 0 fully saturated rings. The number of hydrogen-bond donors (Lipinski definition) is 1. The van der Waals surface area contributed by atoms with E-state index in [1.54, 1.807) is 0 Å². The van der Waals surface area contributed by atoms with Crippen molar-refractivity contribution in [2.45, 2.75) is 13.3 Å². The Labute approximate surface area is 93.9 Å². The summed E-state index contributed by atoms with van der Waals surface area (Å²) in [5.74, 6) is 0.670. The standard InChI is InChI=1S/C12H13ClN2/c1-9-6-12-11(8-14-15-12)7-10(9)4-2-3-5-13/h2,4,6-8H,3,5H2,1H3,(H,14,15). The number of halogens is 1. The van der Waals surface area contributed by atoms with Crippen LogP contribution in [0.3, 0.4) is 0 Å². The van der Waals surface area contributed by atoms with Crippen molar-refractivity contribution >= 4 is 28.6 Å². The molecule has 1 N–H and O–H groups in total. The summed E-state index contributed by atoms with van der Waals surface area (Å²) < 4.78 is 0. The number of hydrogen-bond acceptors (Lipinski definition) is 1. The van der Waals surface area contributed by atoms with Gasteiger partial charge in [-0.15, -0.1) is 11.6 Å². The van der Waals surface area contributed by atoms with Crippen molar-refractivity contribution in [3.05, 3.63) is 35.5 Å². The van der Waals surface area contributed by atoms with Crippen molar-refractivity contribution in [2.75, 3.05) is 5.88 Å². The molecule has 0 aliphatic heterocycles. The van der Waals surface area contributed by atoms with Crippen molar-refractivity contribution in [3.63, 3.8) is 0 Å². The summed E-state index contributed by atoms with van der Waals surface area (Å²) in [5.41, 5.74) is 3.56. The van der Waals surface area contributed by atoms with E-state index in [0.29, 0.717) is 5.88 Å². The van der Waals surface area contributed by atoms with Gasteiger partial charge in [0.2, 0.25) is 0 Å². The number of allylic oxidation sites excluding steroid dienone is 1. The molecule has 0 saturated carbocycles. The van der Waals surface area contributed by atoms with Crippen molar-refractivity contribution in [3.8, 4) is 0 Å². The number of nitrogens with zero attached hydrogens (tertiary/aromatic N) is 1. The number of aromatic nitrogens is 2. The summed E-state index contributed by atoms with van der Waals surface area (Å²) >= 11 is 5.62. The maximum Gasteiger partial charge on any atom is 0.0653 e. The fraction of sp³-hybridized carbons (Fsp3) is 0.250. The van der Waals surface area contributed by atoms with E-state index in [4.69, 9.17) is 11.6 Å². The number of aromatic amines is 1. The van der Waals surface area contributed by atoms with E-state index in [-0.39, 0.29) is 0 Å². The van der Waals surface area contributed by atoms with Gasteiger partial charge in [0.1, 0.15) is 0 Å². The molecule has 0 unspecified atom stereocenters. The van der Waals surface area contributed by atoms with Crippen LogP contribution in [0.5, 0.6) is 0 Å². The van der Waals surface area contributed by atoms with E-state index >= 15 is 0 Å². The van der Waals surface area contributed by atoms with Gasteiger partial charge in [0.05, 0.1) is 11.7 Å². The minimum absolute atomic E-state index is 0.670. The minimum Gasteiger partial charge on any atom is -0.278 e. The van der Waals surface area contributed by atoms with Crippen molar-refractivity contribution in [2.24, 2.45) is 0 Å². The minimum atomic E-state index is 0.670. The fourth-order valence-electron chi connectivity index (χ4n) is 1.57. The Morgan fingerprint density at radius 1 is 1.47 bits per heavy atom. The molecule has 0 bridgehead atoms. The third-order valence-electron chi connectivity index (χ3n) is 2.40. The predicted molar refractivity (Wildman–Crippen MR) is 65.2 cm³/mol. The Kier molecular flexibility index (Phi) is 3.07. The van der Waals surface area contributed by atoms with Crippen molar-refractivity contribution in [1.29, 1.82) is 0 Å². The molecule has 0 radical (unpaired) electrons. The smallest absolute Gasteiger partial charge is 0.0653 e. The van der Waals surface area contributed by atoms with E-state index in [1.165, 1.54) is 11.1 Å². The molecule has 1 aromatic carbocycles. The van der Waals surface area contributed by atoms with Gasteiger partial charge >= 0.3 is 0 Å². The molecule has 2 aromatic rings. The van der Waals surface area contributed by atoms with Crippen molar-refractivity contribution in [1.82, 2.24) is 10.2 Å². The quantitative estimate of drug-likeness (QED) is 0.788.